The molecule has 0 amide bonds. The predicted octanol–water partition coefficient (Wildman–Crippen LogP) is 2.32. The molecule has 0 aromatic carbocycles. The van der Waals surface area contributed by atoms with E-state index in [1.165, 1.54) is 0 Å². The lowest BCUT2D eigenvalue weighted by atomic mass is 9.93. The SMILES string of the molecule is Cc1c(N2CCC(CC(=O)O)CC2)nc2c(-c3ccn(C)c3)cnn2c1N. The molecule has 0 bridgehead atoms. The minimum absolute atomic E-state index is 0.231. The van der Waals surface area contributed by atoms with Crippen molar-refractivity contribution in [2.75, 3.05) is 23.7 Å². The van der Waals surface area contributed by atoms with E-state index in [4.69, 9.17) is 15.8 Å². The molecule has 3 aromatic rings. The van der Waals surface area contributed by atoms with E-state index in [1.807, 2.05) is 37.0 Å². The number of carbonyl (C=O) groups is 1. The lowest BCUT2D eigenvalue weighted by molar-refractivity contribution is -0.138. The third-order valence-corrected chi connectivity index (χ3v) is 5.42. The summed E-state index contributed by atoms with van der Waals surface area (Å²) >= 11 is 0. The van der Waals surface area contributed by atoms with Crippen LogP contribution in [0.15, 0.2) is 24.7 Å². The zero-order chi connectivity index (χ0) is 19.1. The third kappa shape index (κ3) is 3.11. The van der Waals surface area contributed by atoms with Gasteiger partial charge < -0.3 is 20.3 Å². The number of rotatable bonds is 4. The highest BCUT2D eigenvalue weighted by Crippen LogP contribution is 2.32. The van der Waals surface area contributed by atoms with Gasteiger partial charge in [-0.2, -0.15) is 9.61 Å². The van der Waals surface area contributed by atoms with E-state index in [2.05, 4.69) is 10.00 Å². The van der Waals surface area contributed by atoms with Crippen LogP contribution in [-0.4, -0.2) is 43.3 Å². The number of nitrogens with zero attached hydrogens (tertiary/aromatic N) is 5. The summed E-state index contributed by atoms with van der Waals surface area (Å²) in [5.41, 5.74) is 10.0. The van der Waals surface area contributed by atoms with Crippen molar-refractivity contribution >= 4 is 23.3 Å². The Morgan fingerprint density at radius 3 is 2.74 bits per heavy atom. The second-order valence-electron chi connectivity index (χ2n) is 7.33. The maximum Gasteiger partial charge on any atom is 0.303 e. The van der Waals surface area contributed by atoms with E-state index < -0.39 is 5.97 Å². The first-order chi connectivity index (χ1) is 12.9. The number of carboxylic acids is 1. The van der Waals surface area contributed by atoms with Crippen LogP contribution in [0.5, 0.6) is 0 Å². The number of aliphatic carboxylic acids is 1. The Balaban J connectivity index is 1.69. The van der Waals surface area contributed by atoms with Gasteiger partial charge in [0.2, 0.25) is 0 Å². The van der Waals surface area contributed by atoms with Crippen molar-refractivity contribution in [1.82, 2.24) is 19.2 Å². The molecule has 0 spiro atoms. The van der Waals surface area contributed by atoms with Gasteiger partial charge in [-0.15, -0.1) is 0 Å². The number of piperidine rings is 1. The second kappa shape index (κ2) is 6.61. The molecule has 3 N–H and O–H groups in total. The average molecular weight is 368 g/mol. The van der Waals surface area contributed by atoms with Gasteiger partial charge in [0.15, 0.2) is 5.65 Å². The summed E-state index contributed by atoms with van der Waals surface area (Å²) < 4.78 is 3.68. The summed E-state index contributed by atoms with van der Waals surface area (Å²) in [6.45, 7) is 3.54. The Hall–Kier alpha value is -3.03. The van der Waals surface area contributed by atoms with Gasteiger partial charge in [-0.05, 0) is 31.7 Å². The van der Waals surface area contributed by atoms with E-state index in [0.717, 1.165) is 54.1 Å². The van der Waals surface area contributed by atoms with Crippen molar-refractivity contribution in [2.45, 2.75) is 26.2 Å². The fraction of sp³-hybridized carbons (Fsp3) is 0.421. The number of anilines is 2. The molecule has 8 nitrogen and oxygen atoms in total. The molecule has 27 heavy (non-hydrogen) atoms. The van der Waals surface area contributed by atoms with Crippen LogP contribution in [-0.2, 0) is 11.8 Å². The van der Waals surface area contributed by atoms with E-state index in [0.29, 0.717) is 5.82 Å². The van der Waals surface area contributed by atoms with Gasteiger partial charge in [0.1, 0.15) is 11.6 Å². The van der Waals surface area contributed by atoms with Crippen LogP contribution in [0, 0.1) is 12.8 Å². The minimum Gasteiger partial charge on any atom is -0.481 e. The van der Waals surface area contributed by atoms with Crippen LogP contribution in [0.2, 0.25) is 0 Å². The van der Waals surface area contributed by atoms with Gasteiger partial charge in [-0.1, -0.05) is 0 Å². The average Bonchev–Trinajstić information content (AvgIpc) is 3.24. The molecule has 1 aliphatic rings. The topological polar surface area (TPSA) is 102 Å². The molecule has 142 valence electrons. The molecule has 1 fully saturated rings. The summed E-state index contributed by atoms with van der Waals surface area (Å²) in [7, 11) is 1.98. The number of aromatic nitrogens is 4. The van der Waals surface area contributed by atoms with Gasteiger partial charge in [-0.3, -0.25) is 4.79 Å². The Labute approximate surface area is 157 Å². The molecular weight excluding hydrogens is 344 g/mol. The fourth-order valence-electron chi connectivity index (χ4n) is 3.85. The number of hydrogen-bond acceptors (Lipinski definition) is 5. The van der Waals surface area contributed by atoms with Crippen molar-refractivity contribution in [3.63, 3.8) is 0 Å². The number of fused-ring (bicyclic) bond motifs is 1. The maximum absolute atomic E-state index is 11.0. The van der Waals surface area contributed by atoms with Crippen molar-refractivity contribution in [3.05, 3.63) is 30.2 Å². The van der Waals surface area contributed by atoms with E-state index in [-0.39, 0.29) is 12.3 Å². The molecule has 0 radical (unpaired) electrons. The zero-order valence-electron chi connectivity index (χ0n) is 15.6. The first-order valence-corrected chi connectivity index (χ1v) is 9.17. The Kier molecular flexibility index (Phi) is 4.25. The number of carboxylic acid groups (broad SMARTS) is 1. The highest BCUT2D eigenvalue weighted by molar-refractivity contribution is 5.80. The molecular formula is C19H24N6O2. The molecule has 8 heteroatoms. The predicted molar refractivity (Wildman–Crippen MR) is 104 cm³/mol. The van der Waals surface area contributed by atoms with Crippen LogP contribution in [0.3, 0.4) is 0 Å². The molecule has 1 saturated heterocycles. The summed E-state index contributed by atoms with van der Waals surface area (Å²) in [6.07, 6.45) is 7.77. The van der Waals surface area contributed by atoms with Crippen LogP contribution >= 0.6 is 0 Å². The lowest BCUT2D eigenvalue weighted by Crippen LogP contribution is -2.35. The first-order valence-electron chi connectivity index (χ1n) is 9.17. The largest absolute Gasteiger partial charge is 0.481 e. The monoisotopic (exact) mass is 368 g/mol. The summed E-state index contributed by atoms with van der Waals surface area (Å²) in [6, 6.07) is 2.03. The van der Waals surface area contributed by atoms with Crippen LogP contribution < -0.4 is 10.6 Å². The van der Waals surface area contributed by atoms with Gasteiger partial charge in [-0.25, -0.2) is 4.98 Å². The number of nitrogen functional groups attached to an aromatic ring is 1. The highest BCUT2D eigenvalue weighted by atomic mass is 16.4. The summed E-state index contributed by atoms with van der Waals surface area (Å²) in [5, 5.41) is 13.4. The quantitative estimate of drug-likeness (QED) is 0.733. The standard InChI is InChI=1S/C19H24N6O2/c1-12-17(20)25-19(15(10-21-25)14-5-6-23(2)11-14)22-18(12)24-7-3-13(4-8-24)9-16(26)27/h5-6,10-11,13H,3-4,7-9,20H2,1-2H3,(H,26,27). The smallest absolute Gasteiger partial charge is 0.303 e. The van der Waals surface area contributed by atoms with E-state index in [9.17, 15) is 4.79 Å². The lowest BCUT2D eigenvalue weighted by Gasteiger charge is -2.33. The first kappa shape index (κ1) is 17.4. The molecule has 0 unspecified atom stereocenters. The van der Waals surface area contributed by atoms with E-state index >= 15 is 0 Å². The molecule has 0 aliphatic carbocycles. The molecule has 1 aliphatic heterocycles. The fourth-order valence-corrected chi connectivity index (χ4v) is 3.85. The Morgan fingerprint density at radius 2 is 2.11 bits per heavy atom. The van der Waals surface area contributed by atoms with Gasteiger partial charge >= 0.3 is 5.97 Å². The van der Waals surface area contributed by atoms with Gasteiger partial charge in [0.05, 0.1) is 6.20 Å². The molecule has 0 saturated carbocycles. The maximum atomic E-state index is 11.0. The molecule has 3 aromatic heterocycles. The summed E-state index contributed by atoms with van der Waals surface area (Å²) in [5.74, 6) is 0.964. The van der Waals surface area contributed by atoms with Crippen molar-refractivity contribution in [1.29, 1.82) is 0 Å². The van der Waals surface area contributed by atoms with E-state index in [1.54, 1.807) is 10.7 Å². The third-order valence-electron chi connectivity index (χ3n) is 5.42. The normalized spacial score (nSPS) is 15.6. The minimum atomic E-state index is -0.722. The molecule has 4 heterocycles. The van der Waals surface area contributed by atoms with Crippen molar-refractivity contribution < 1.29 is 9.90 Å². The second-order valence-corrected chi connectivity index (χ2v) is 7.33. The number of nitrogens with two attached hydrogens (primary N) is 1. The van der Waals surface area contributed by atoms with Gasteiger partial charge in [0, 0.05) is 55.6 Å². The molecule has 4 rings (SSSR count). The van der Waals surface area contributed by atoms with Gasteiger partial charge in [0.25, 0.3) is 0 Å². The summed E-state index contributed by atoms with van der Waals surface area (Å²) in [4.78, 5) is 18.1. The van der Waals surface area contributed by atoms with Crippen LogP contribution in [0.1, 0.15) is 24.8 Å². The number of aryl methyl sites for hydroxylation is 1. The Morgan fingerprint density at radius 1 is 1.37 bits per heavy atom. The van der Waals surface area contributed by atoms with Crippen LogP contribution in [0.25, 0.3) is 16.8 Å². The molecule has 0 atom stereocenters. The van der Waals surface area contributed by atoms with Crippen molar-refractivity contribution in [2.24, 2.45) is 13.0 Å². The van der Waals surface area contributed by atoms with Crippen LogP contribution in [0.4, 0.5) is 11.6 Å². The highest BCUT2D eigenvalue weighted by Gasteiger charge is 2.25. The number of hydrogen-bond donors (Lipinski definition) is 2. The van der Waals surface area contributed by atoms with Crippen molar-refractivity contribution in [3.8, 4) is 11.1 Å². The zero-order valence-corrected chi connectivity index (χ0v) is 15.6. The Bertz CT molecular complexity index is 997.